The van der Waals surface area contributed by atoms with Gasteiger partial charge < -0.3 is 10.2 Å². The van der Waals surface area contributed by atoms with Gasteiger partial charge in [-0.2, -0.15) is 0 Å². The molecule has 0 atom stereocenters. The van der Waals surface area contributed by atoms with Gasteiger partial charge in [0.1, 0.15) is 17.3 Å². The van der Waals surface area contributed by atoms with Crippen molar-refractivity contribution in [3.05, 3.63) is 72.6 Å². The minimum atomic E-state index is -0.00861. The normalized spacial score (nSPS) is 14.7. The Morgan fingerprint density at radius 3 is 2.44 bits per heavy atom. The Kier molecular flexibility index (Phi) is 5.00. The van der Waals surface area contributed by atoms with Gasteiger partial charge in [-0.15, -0.1) is 0 Å². The summed E-state index contributed by atoms with van der Waals surface area (Å²) < 4.78 is 0. The van der Waals surface area contributed by atoms with Gasteiger partial charge in [-0.1, -0.05) is 12.1 Å². The number of pyridine rings is 2. The Morgan fingerprint density at radius 2 is 1.74 bits per heavy atom. The largest absolute Gasteiger partial charge is 0.337 e. The molecule has 0 bridgehead atoms. The van der Waals surface area contributed by atoms with Crippen LogP contribution in [0.3, 0.4) is 0 Å². The van der Waals surface area contributed by atoms with Gasteiger partial charge in [-0.05, 0) is 37.1 Å². The number of anilines is 2. The summed E-state index contributed by atoms with van der Waals surface area (Å²) in [5, 5.41) is 3.17. The van der Waals surface area contributed by atoms with Crippen molar-refractivity contribution in [2.45, 2.75) is 18.8 Å². The molecular weight excluding hydrogens is 340 g/mol. The van der Waals surface area contributed by atoms with Gasteiger partial charge in [-0.25, -0.2) is 9.97 Å². The highest BCUT2D eigenvalue weighted by atomic mass is 16.2. The molecule has 0 spiro atoms. The van der Waals surface area contributed by atoms with Gasteiger partial charge in [0.2, 0.25) is 0 Å². The topological polar surface area (TPSA) is 83.9 Å². The summed E-state index contributed by atoms with van der Waals surface area (Å²) in [5.74, 6) is 1.69. The summed E-state index contributed by atoms with van der Waals surface area (Å²) in [6.45, 7) is 1.39. The number of rotatable bonds is 4. The number of aromatic nitrogens is 4. The van der Waals surface area contributed by atoms with Crippen LogP contribution in [-0.4, -0.2) is 43.8 Å². The maximum atomic E-state index is 12.5. The minimum absolute atomic E-state index is 0.00861. The molecule has 1 N–H and O–H groups in total. The Morgan fingerprint density at radius 1 is 0.963 bits per heavy atom. The monoisotopic (exact) mass is 360 g/mol. The number of amides is 1. The molecule has 0 radical (unpaired) electrons. The van der Waals surface area contributed by atoms with Crippen molar-refractivity contribution in [1.29, 1.82) is 0 Å². The zero-order valence-electron chi connectivity index (χ0n) is 14.8. The molecule has 3 aromatic rings. The lowest BCUT2D eigenvalue weighted by Gasteiger charge is -2.31. The van der Waals surface area contributed by atoms with Crippen molar-refractivity contribution in [2.24, 2.45) is 0 Å². The third kappa shape index (κ3) is 4.08. The lowest BCUT2D eigenvalue weighted by Crippen LogP contribution is -2.38. The Labute approximate surface area is 157 Å². The smallest absolute Gasteiger partial charge is 0.272 e. The van der Waals surface area contributed by atoms with Gasteiger partial charge in [0.05, 0.1) is 11.9 Å². The van der Waals surface area contributed by atoms with Crippen LogP contribution in [0, 0.1) is 0 Å². The van der Waals surface area contributed by atoms with Crippen LogP contribution in [0.15, 0.2) is 61.2 Å². The van der Waals surface area contributed by atoms with E-state index in [2.05, 4.69) is 20.3 Å². The summed E-state index contributed by atoms with van der Waals surface area (Å²) >= 11 is 0. The van der Waals surface area contributed by atoms with E-state index in [1.54, 1.807) is 24.7 Å². The number of carbonyl (C=O) groups is 1. The molecular formula is C20H20N6O. The van der Waals surface area contributed by atoms with Gasteiger partial charge in [-0.3, -0.25) is 14.8 Å². The zero-order valence-corrected chi connectivity index (χ0v) is 14.8. The lowest BCUT2D eigenvalue weighted by atomic mass is 9.93. The summed E-state index contributed by atoms with van der Waals surface area (Å²) in [7, 11) is 0. The maximum Gasteiger partial charge on any atom is 0.272 e. The molecule has 4 heterocycles. The van der Waals surface area contributed by atoms with Crippen molar-refractivity contribution in [3.63, 3.8) is 0 Å². The van der Waals surface area contributed by atoms with Crippen LogP contribution in [0.5, 0.6) is 0 Å². The molecule has 1 aliphatic heterocycles. The van der Waals surface area contributed by atoms with Crippen LogP contribution >= 0.6 is 0 Å². The molecule has 7 heteroatoms. The van der Waals surface area contributed by atoms with E-state index in [4.69, 9.17) is 4.98 Å². The fourth-order valence-corrected chi connectivity index (χ4v) is 3.24. The van der Waals surface area contributed by atoms with E-state index in [1.807, 2.05) is 41.4 Å². The molecule has 0 aliphatic carbocycles. The molecule has 7 nitrogen and oxygen atoms in total. The van der Waals surface area contributed by atoms with Crippen LogP contribution < -0.4 is 5.32 Å². The molecule has 1 saturated heterocycles. The molecule has 136 valence electrons. The molecule has 4 rings (SSSR count). The quantitative estimate of drug-likeness (QED) is 0.770. The van der Waals surface area contributed by atoms with E-state index < -0.39 is 0 Å². The Hall–Kier alpha value is -3.35. The van der Waals surface area contributed by atoms with Crippen molar-refractivity contribution in [2.75, 3.05) is 18.4 Å². The third-order valence-electron chi connectivity index (χ3n) is 4.66. The number of likely N-dealkylation sites (tertiary alicyclic amines) is 1. The van der Waals surface area contributed by atoms with Crippen molar-refractivity contribution < 1.29 is 4.79 Å². The van der Waals surface area contributed by atoms with Gasteiger partial charge in [0.25, 0.3) is 5.91 Å². The Bertz CT molecular complexity index is 895. The SMILES string of the molecule is O=C(c1ccccn1)N1CCC(c2cncc(Nc3ccccn3)n2)CC1. The number of hydrogen-bond donors (Lipinski definition) is 1. The number of hydrogen-bond acceptors (Lipinski definition) is 6. The highest BCUT2D eigenvalue weighted by Crippen LogP contribution is 2.27. The highest BCUT2D eigenvalue weighted by molar-refractivity contribution is 5.92. The molecule has 0 saturated carbocycles. The first-order chi connectivity index (χ1) is 13.3. The van der Waals surface area contributed by atoms with Gasteiger partial charge >= 0.3 is 0 Å². The van der Waals surface area contributed by atoms with Crippen molar-refractivity contribution in [1.82, 2.24) is 24.8 Å². The predicted molar refractivity (Wildman–Crippen MR) is 102 cm³/mol. The standard InChI is InChI=1S/C20H20N6O/c27-20(16-5-1-3-9-22-16)26-11-7-15(8-12-26)17-13-21-14-19(24-17)25-18-6-2-4-10-23-18/h1-6,9-10,13-15H,7-8,11-12H2,(H,23,24,25). The predicted octanol–water partition coefficient (Wildman–Crippen LogP) is 3.03. The van der Waals surface area contributed by atoms with Crippen LogP contribution in [0.1, 0.15) is 34.9 Å². The molecule has 1 aliphatic rings. The maximum absolute atomic E-state index is 12.5. The van der Waals surface area contributed by atoms with E-state index in [1.165, 1.54) is 0 Å². The summed E-state index contributed by atoms with van der Waals surface area (Å²) in [6.07, 6.45) is 8.60. The fourth-order valence-electron chi connectivity index (χ4n) is 3.24. The molecule has 1 amide bonds. The van der Waals surface area contributed by atoms with E-state index >= 15 is 0 Å². The van der Waals surface area contributed by atoms with Crippen molar-refractivity contribution in [3.8, 4) is 0 Å². The summed E-state index contributed by atoms with van der Waals surface area (Å²) in [5.41, 5.74) is 1.44. The highest BCUT2D eigenvalue weighted by Gasteiger charge is 2.26. The number of piperidine rings is 1. The molecule has 0 unspecified atom stereocenters. The van der Waals surface area contributed by atoms with Crippen LogP contribution in [0.25, 0.3) is 0 Å². The number of nitrogens with zero attached hydrogens (tertiary/aromatic N) is 5. The first-order valence-electron chi connectivity index (χ1n) is 9.00. The summed E-state index contributed by atoms with van der Waals surface area (Å²) in [4.78, 5) is 31.8. The number of carbonyl (C=O) groups excluding carboxylic acids is 1. The second-order valence-corrected chi connectivity index (χ2v) is 6.45. The van der Waals surface area contributed by atoms with Crippen LogP contribution in [-0.2, 0) is 0 Å². The van der Waals surface area contributed by atoms with E-state index in [-0.39, 0.29) is 11.8 Å². The molecule has 3 aromatic heterocycles. The van der Waals surface area contributed by atoms with Crippen LogP contribution in [0.4, 0.5) is 11.6 Å². The molecule has 27 heavy (non-hydrogen) atoms. The Balaban J connectivity index is 1.40. The second kappa shape index (κ2) is 7.90. The average Bonchev–Trinajstić information content (AvgIpc) is 2.75. The summed E-state index contributed by atoms with van der Waals surface area (Å²) in [6, 6.07) is 11.1. The lowest BCUT2D eigenvalue weighted by molar-refractivity contribution is 0.0706. The van der Waals surface area contributed by atoms with E-state index in [0.717, 1.165) is 24.4 Å². The van der Waals surface area contributed by atoms with Gasteiger partial charge in [0.15, 0.2) is 0 Å². The van der Waals surface area contributed by atoms with E-state index in [9.17, 15) is 4.79 Å². The fraction of sp³-hybridized carbons (Fsp3) is 0.250. The third-order valence-corrected chi connectivity index (χ3v) is 4.66. The zero-order chi connectivity index (χ0) is 18.5. The average molecular weight is 360 g/mol. The van der Waals surface area contributed by atoms with E-state index in [0.29, 0.717) is 24.6 Å². The van der Waals surface area contributed by atoms with Crippen LogP contribution in [0.2, 0.25) is 0 Å². The number of nitrogens with one attached hydrogen (secondary N) is 1. The molecule has 0 aromatic carbocycles. The first-order valence-corrected chi connectivity index (χ1v) is 9.00. The van der Waals surface area contributed by atoms with Gasteiger partial charge in [0, 0.05) is 37.6 Å². The second-order valence-electron chi connectivity index (χ2n) is 6.45. The minimum Gasteiger partial charge on any atom is -0.337 e. The van der Waals surface area contributed by atoms with Crippen molar-refractivity contribution >= 4 is 17.5 Å². The molecule has 1 fully saturated rings. The first kappa shape index (κ1) is 17.1.